The lowest BCUT2D eigenvalue weighted by atomic mass is 10.0. The Morgan fingerprint density at radius 1 is 1.19 bits per heavy atom. The lowest BCUT2D eigenvalue weighted by Crippen LogP contribution is -2.21. The Labute approximate surface area is 211 Å². The number of aryl methyl sites for hydroxylation is 2. The monoisotopic (exact) mass is 507 g/mol. The Morgan fingerprint density at radius 3 is 2.76 bits per heavy atom. The van der Waals surface area contributed by atoms with Crippen molar-refractivity contribution >= 4 is 16.9 Å². The van der Waals surface area contributed by atoms with Crippen LogP contribution in [-0.4, -0.2) is 44.7 Å². The molecule has 1 atom stereocenters. The van der Waals surface area contributed by atoms with Crippen LogP contribution in [0.4, 0.5) is 19.0 Å². The van der Waals surface area contributed by atoms with Gasteiger partial charge in [-0.3, -0.25) is 0 Å². The van der Waals surface area contributed by atoms with Gasteiger partial charge in [0.25, 0.3) is 0 Å². The Morgan fingerprint density at radius 2 is 2.03 bits per heavy atom. The van der Waals surface area contributed by atoms with Crippen molar-refractivity contribution in [2.45, 2.75) is 25.9 Å². The zero-order valence-corrected chi connectivity index (χ0v) is 20.3. The number of aromatic nitrogens is 5. The lowest BCUT2D eigenvalue weighted by molar-refractivity contribution is -0.138. The summed E-state index contributed by atoms with van der Waals surface area (Å²) in [6.45, 7) is 3.81. The van der Waals surface area contributed by atoms with E-state index in [-0.39, 0.29) is 29.3 Å². The van der Waals surface area contributed by atoms with Gasteiger partial charge in [0.2, 0.25) is 0 Å². The first-order valence-electron chi connectivity index (χ1n) is 11.9. The zero-order valence-electron chi connectivity index (χ0n) is 20.3. The fourth-order valence-electron chi connectivity index (χ4n) is 4.55. The zero-order chi connectivity index (χ0) is 26.2. The predicted octanol–water partition coefficient (Wildman–Crippen LogP) is 4.92. The fourth-order valence-corrected chi connectivity index (χ4v) is 4.55. The molecule has 0 aliphatic carbocycles. The second kappa shape index (κ2) is 9.69. The molecule has 1 unspecified atom stereocenters. The summed E-state index contributed by atoms with van der Waals surface area (Å²) in [7, 11) is 1.64. The number of hydrogen-bond acceptors (Lipinski definition) is 7. The third-order valence-electron chi connectivity index (χ3n) is 6.58. The van der Waals surface area contributed by atoms with Gasteiger partial charge in [-0.2, -0.15) is 18.4 Å². The Balaban J connectivity index is 1.31. The van der Waals surface area contributed by atoms with Gasteiger partial charge in [0, 0.05) is 31.9 Å². The maximum absolute atomic E-state index is 14.0. The van der Waals surface area contributed by atoms with Gasteiger partial charge in [-0.15, -0.1) is 5.10 Å². The second-order valence-electron chi connectivity index (χ2n) is 9.19. The molecule has 0 saturated carbocycles. The van der Waals surface area contributed by atoms with E-state index in [2.05, 4.69) is 25.2 Å². The van der Waals surface area contributed by atoms with Crippen LogP contribution in [0, 0.1) is 24.2 Å². The molecule has 3 aromatic heterocycles. The summed E-state index contributed by atoms with van der Waals surface area (Å²) in [4.78, 5) is 10.9. The average Bonchev–Trinajstić information content (AvgIpc) is 3.50. The van der Waals surface area contributed by atoms with Crippen LogP contribution in [-0.2, 0) is 13.2 Å². The van der Waals surface area contributed by atoms with Gasteiger partial charge in [0.1, 0.15) is 23.2 Å². The first-order valence-corrected chi connectivity index (χ1v) is 11.9. The summed E-state index contributed by atoms with van der Waals surface area (Å²) in [5.41, 5.74) is 1.45. The number of nitrogens with zero attached hydrogens (tertiary/aromatic N) is 7. The van der Waals surface area contributed by atoms with E-state index in [0.29, 0.717) is 23.4 Å². The Bertz CT molecular complexity index is 1470. The van der Waals surface area contributed by atoms with Crippen molar-refractivity contribution in [1.29, 1.82) is 5.26 Å². The number of rotatable bonds is 6. The van der Waals surface area contributed by atoms with E-state index in [1.165, 1.54) is 16.8 Å². The number of halogens is 3. The molecule has 1 aliphatic rings. The molecule has 11 heteroatoms. The van der Waals surface area contributed by atoms with Crippen molar-refractivity contribution in [3.63, 3.8) is 0 Å². The van der Waals surface area contributed by atoms with Crippen LogP contribution in [0.2, 0.25) is 0 Å². The van der Waals surface area contributed by atoms with Crippen molar-refractivity contribution in [1.82, 2.24) is 25.0 Å². The molecule has 37 heavy (non-hydrogen) atoms. The molecule has 0 spiro atoms. The summed E-state index contributed by atoms with van der Waals surface area (Å²) in [5, 5.41) is 17.2. The van der Waals surface area contributed by atoms with Gasteiger partial charge in [-0.1, -0.05) is 11.3 Å². The van der Waals surface area contributed by atoms with E-state index in [0.717, 1.165) is 37.0 Å². The van der Waals surface area contributed by atoms with Crippen LogP contribution in [0.3, 0.4) is 0 Å². The highest BCUT2D eigenvalue weighted by Gasteiger charge is 2.35. The first-order chi connectivity index (χ1) is 17.7. The second-order valence-corrected chi connectivity index (χ2v) is 9.19. The van der Waals surface area contributed by atoms with Crippen molar-refractivity contribution < 1.29 is 17.9 Å². The number of nitriles is 1. The highest BCUT2D eigenvalue weighted by Crippen LogP contribution is 2.39. The van der Waals surface area contributed by atoms with E-state index in [1.807, 2.05) is 31.3 Å². The van der Waals surface area contributed by atoms with Crippen molar-refractivity contribution in [2.24, 2.45) is 13.0 Å². The average molecular weight is 508 g/mol. The molecule has 1 fully saturated rings. The van der Waals surface area contributed by atoms with Crippen LogP contribution < -0.4 is 9.64 Å². The SMILES string of the molecule is Cc1ccc(N2CCC(CCOc3ccc(-c4cc5c(nnn5C)c(C#N)n4)cc3C(F)(F)F)C2)nc1. The number of benzene rings is 1. The van der Waals surface area contributed by atoms with Crippen molar-refractivity contribution in [3.8, 4) is 23.1 Å². The predicted molar refractivity (Wildman–Crippen MR) is 131 cm³/mol. The van der Waals surface area contributed by atoms with Crippen LogP contribution in [0.1, 0.15) is 29.7 Å². The van der Waals surface area contributed by atoms with E-state index in [4.69, 9.17) is 4.74 Å². The third kappa shape index (κ3) is 5.05. The van der Waals surface area contributed by atoms with Crippen LogP contribution in [0.5, 0.6) is 5.75 Å². The van der Waals surface area contributed by atoms with Gasteiger partial charge in [0.15, 0.2) is 5.69 Å². The number of pyridine rings is 2. The molecule has 8 nitrogen and oxygen atoms in total. The number of fused-ring (bicyclic) bond motifs is 1. The van der Waals surface area contributed by atoms with E-state index in [9.17, 15) is 18.4 Å². The third-order valence-corrected chi connectivity index (χ3v) is 6.58. The number of ether oxygens (including phenoxy) is 1. The molecule has 0 radical (unpaired) electrons. The quantitative estimate of drug-likeness (QED) is 0.366. The summed E-state index contributed by atoms with van der Waals surface area (Å²) in [6.07, 6.45) is -1.22. The molecule has 0 bridgehead atoms. The minimum atomic E-state index is -4.62. The summed E-state index contributed by atoms with van der Waals surface area (Å²) >= 11 is 0. The fraction of sp³-hybridized carbons (Fsp3) is 0.346. The molecule has 1 saturated heterocycles. The van der Waals surface area contributed by atoms with Gasteiger partial charge in [0.05, 0.1) is 23.4 Å². The standard InChI is InChI=1S/C26H24F3N7O/c1-16-3-6-24(31-14-16)36-9-7-17(15-36)8-10-37-23-5-4-18(11-19(23)26(27,28)29)20-12-22-25(21(13-30)32-20)33-34-35(22)2/h3-6,11-12,14,17H,7-10,15H2,1-2H3. The van der Waals surface area contributed by atoms with Gasteiger partial charge >= 0.3 is 6.18 Å². The summed E-state index contributed by atoms with van der Waals surface area (Å²) in [6, 6.07) is 11.4. The minimum Gasteiger partial charge on any atom is -0.493 e. The minimum absolute atomic E-state index is 0.000861. The van der Waals surface area contributed by atoms with Gasteiger partial charge in [-0.05, 0) is 61.6 Å². The molecular weight excluding hydrogens is 483 g/mol. The normalized spacial score (nSPS) is 15.8. The largest absolute Gasteiger partial charge is 0.493 e. The van der Waals surface area contributed by atoms with Crippen molar-refractivity contribution in [2.75, 3.05) is 24.6 Å². The number of alkyl halides is 3. The first kappa shape index (κ1) is 24.5. The molecule has 4 heterocycles. The molecule has 0 amide bonds. The number of hydrogen-bond donors (Lipinski definition) is 0. The van der Waals surface area contributed by atoms with E-state index >= 15 is 0 Å². The molecule has 5 rings (SSSR count). The Kier molecular flexibility index (Phi) is 6.41. The Hall–Kier alpha value is -4.20. The maximum Gasteiger partial charge on any atom is 0.419 e. The number of anilines is 1. The molecule has 1 aliphatic heterocycles. The van der Waals surface area contributed by atoms with E-state index in [1.54, 1.807) is 13.1 Å². The molecule has 4 aromatic rings. The van der Waals surface area contributed by atoms with E-state index < -0.39 is 11.7 Å². The molecular formula is C26H24F3N7O. The molecule has 1 aromatic carbocycles. The summed E-state index contributed by atoms with van der Waals surface area (Å²) in [5.74, 6) is 0.997. The maximum atomic E-state index is 14.0. The highest BCUT2D eigenvalue weighted by atomic mass is 19.4. The summed E-state index contributed by atoms with van der Waals surface area (Å²) < 4.78 is 49.0. The molecule has 0 N–H and O–H groups in total. The van der Waals surface area contributed by atoms with Gasteiger partial charge in [-0.25, -0.2) is 14.6 Å². The highest BCUT2D eigenvalue weighted by molar-refractivity contribution is 5.83. The lowest BCUT2D eigenvalue weighted by Gasteiger charge is -2.18. The van der Waals surface area contributed by atoms with Crippen LogP contribution >= 0.6 is 0 Å². The van der Waals surface area contributed by atoms with Gasteiger partial charge < -0.3 is 9.64 Å². The topological polar surface area (TPSA) is 92.8 Å². The van der Waals surface area contributed by atoms with Crippen molar-refractivity contribution in [3.05, 3.63) is 59.4 Å². The molecule has 190 valence electrons. The van der Waals surface area contributed by atoms with Crippen LogP contribution in [0.15, 0.2) is 42.6 Å². The van der Waals surface area contributed by atoms with Crippen LogP contribution in [0.25, 0.3) is 22.3 Å². The smallest absolute Gasteiger partial charge is 0.419 e.